The van der Waals surface area contributed by atoms with Crippen LogP contribution in [0.1, 0.15) is 16.7 Å². The van der Waals surface area contributed by atoms with Crippen LogP contribution in [-0.4, -0.2) is 15.1 Å². The lowest BCUT2D eigenvalue weighted by Crippen LogP contribution is -2.01. The maximum absolute atomic E-state index is 9.92. The molecule has 0 saturated heterocycles. The smallest absolute Gasteiger partial charge is 0.123 e. The van der Waals surface area contributed by atoms with Gasteiger partial charge in [0.1, 0.15) is 15.4 Å². The molecule has 0 fully saturated rings. The SMILES string of the molecule is OC(Cc1cncc(Br)c1)c1ncc(Cl)s1. The van der Waals surface area contributed by atoms with Crippen LogP contribution in [0.15, 0.2) is 29.1 Å². The minimum Gasteiger partial charge on any atom is -0.386 e. The van der Waals surface area contributed by atoms with Crippen molar-refractivity contribution in [2.75, 3.05) is 0 Å². The summed E-state index contributed by atoms with van der Waals surface area (Å²) in [6, 6.07) is 1.92. The Morgan fingerprint density at radius 2 is 2.25 bits per heavy atom. The first-order valence-corrected chi connectivity index (χ1v) is 6.52. The van der Waals surface area contributed by atoms with E-state index in [0.717, 1.165) is 10.0 Å². The van der Waals surface area contributed by atoms with Gasteiger partial charge in [-0.3, -0.25) is 4.98 Å². The van der Waals surface area contributed by atoms with E-state index in [0.29, 0.717) is 15.8 Å². The summed E-state index contributed by atoms with van der Waals surface area (Å²) in [6.07, 6.45) is 4.83. The number of aliphatic hydroxyl groups is 1. The third kappa shape index (κ3) is 3.01. The molecule has 1 unspecified atom stereocenters. The van der Waals surface area contributed by atoms with Crippen LogP contribution in [0.5, 0.6) is 0 Å². The highest BCUT2D eigenvalue weighted by Gasteiger charge is 2.13. The van der Waals surface area contributed by atoms with Crippen LogP contribution in [-0.2, 0) is 6.42 Å². The summed E-state index contributed by atoms with van der Waals surface area (Å²) in [6.45, 7) is 0. The molecule has 3 nitrogen and oxygen atoms in total. The van der Waals surface area contributed by atoms with Gasteiger partial charge in [0.15, 0.2) is 0 Å². The zero-order valence-corrected chi connectivity index (χ0v) is 11.3. The highest BCUT2D eigenvalue weighted by Crippen LogP contribution is 2.26. The lowest BCUT2D eigenvalue weighted by atomic mass is 10.1. The number of thiazole rings is 1. The van der Waals surface area contributed by atoms with Gasteiger partial charge in [0.25, 0.3) is 0 Å². The van der Waals surface area contributed by atoms with Crippen molar-refractivity contribution in [1.29, 1.82) is 0 Å². The predicted molar refractivity (Wildman–Crippen MR) is 67.7 cm³/mol. The van der Waals surface area contributed by atoms with E-state index >= 15 is 0 Å². The van der Waals surface area contributed by atoms with E-state index in [1.807, 2.05) is 6.07 Å². The molecule has 6 heteroatoms. The normalized spacial score (nSPS) is 12.7. The minimum absolute atomic E-state index is 0.482. The number of hydrogen-bond acceptors (Lipinski definition) is 4. The Kier molecular flexibility index (Phi) is 3.91. The van der Waals surface area contributed by atoms with Crippen LogP contribution in [0.3, 0.4) is 0 Å². The van der Waals surface area contributed by atoms with Gasteiger partial charge in [0.2, 0.25) is 0 Å². The fourth-order valence-electron chi connectivity index (χ4n) is 1.30. The number of aliphatic hydroxyl groups excluding tert-OH is 1. The first-order valence-electron chi connectivity index (χ1n) is 4.54. The van der Waals surface area contributed by atoms with Gasteiger partial charge >= 0.3 is 0 Å². The average Bonchev–Trinajstić information content (AvgIpc) is 2.65. The summed E-state index contributed by atoms with van der Waals surface area (Å²) in [7, 11) is 0. The Bertz CT molecular complexity index is 491. The monoisotopic (exact) mass is 318 g/mol. The minimum atomic E-state index is -0.631. The van der Waals surface area contributed by atoms with Gasteiger partial charge in [0, 0.05) is 23.3 Å². The Balaban J connectivity index is 2.10. The number of nitrogens with zero attached hydrogens (tertiary/aromatic N) is 2. The van der Waals surface area contributed by atoms with Crippen LogP contribution in [0, 0.1) is 0 Å². The number of halogens is 2. The first kappa shape index (κ1) is 12.0. The Morgan fingerprint density at radius 3 is 2.88 bits per heavy atom. The zero-order chi connectivity index (χ0) is 11.5. The molecule has 0 aliphatic heterocycles. The van der Waals surface area contributed by atoms with Crippen molar-refractivity contribution in [3.05, 3.63) is 44.0 Å². The second-order valence-corrected chi connectivity index (χ2v) is 5.84. The summed E-state index contributed by atoms with van der Waals surface area (Å²) in [5.41, 5.74) is 0.952. The maximum atomic E-state index is 9.92. The molecule has 1 N–H and O–H groups in total. The number of pyridine rings is 1. The van der Waals surface area contributed by atoms with E-state index in [-0.39, 0.29) is 0 Å². The van der Waals surface area contributed by atoms with Gasteiger partial charge in [-0.05, 0) is 27.6 Å². The molecule has 2 aromatic heterocycles. The van der Waals surface area contributed by atoms with E-state index in [4.69, 9.17) is 11.6 Å². The molecule has 0 spiro atoms. The van der Waals surface area contributed by atoms with Gasteiger partial charge in [-0.1, -0.05) is 11.6 Å². The highest BCUT2D eigenvalue weighted by molar-refractivity contribution is 9.10. The summed E-state index contributed by atoms with van der Waals surface area (Å²) in [5, 5.41) is 10.6. The quantitative estimate of drug-likeness (QED) is 0.945. The van der Waals surface area contributed by atoms with Crippen molar-refractivity contribution < 1.29 is 5.11 Å². The van der Waals surface area contributed by atoms with Crippen molar-refractivity contribution in [2.24, 2.45) is 0 Å². The van der Waals surface area contributed by atoms with Crippen LogP contribution in [0.25, 0.3) is 0 Å². The van der Waals surface area contributed by atoms with E-state index < -0.39 is 6.10 Å². The van der Waals surface area contributed by atoms with Gasteiger partial charge in [-0.25, -0.2) is 4.98 Å². The van der Waals surface area contributed by atoms with E-state index in [2.05, 4.69) is 25.9 Å². The van der Waals surface area contributed by atoms with Gasteiger partial charge < -0.3 is 5.11 Å². The van der Waals surface area contributed by atoms with Crippen molar-refractivity contribution in [1.82, 2.24) is 9.97 Å². The van der Waals surface area contributed by atoms with Crippen molar-refractivity contribution >= 4 is 38.9 Å². The van der Waals surface area contributed by atoms with Crippen molar-refractivity contribution in [3.63, 3.8) is 0 Å². The largest absolute Gasteiger partial charge is 0.386 e. The zero-order valence-electron chi connectivity index (χ0n) is 8.10. The molecule has 0 saturated carbocycles. The molecule has 1 atom stereocenters. The van der Waals surface area contributed by atoms with Crippen LogP contribution >= 0.6 is 38.9 Å². The molecular formula is C10H8BrClN2OS. The van der Waals surface area contributed by atoms with E-state index in [1.165, 1.54) is 11.3 Å². The average molecular weight is 320 g/mol. The number of hydrogen-bond donors (Lipinski definition) is 1. The molecular weight excluding hydrogens is 312 g/mol. The fourth-order valence-corrected chi connectivity index (χ4v) is 2.63. The molecule has 0 amide bonds. The van der Waals surface area contributed by atoms with Crippen molar-refractivity contribution in [2.45, 2.75) is 12.5 Å². The third-order valence-corrected chi connectivity index (χ3v) is 3.62. The summed E-state index contributed by atoms with van der Waals surface area (Å²) >= 11 is 10.4. The summed E-state index contributed by atoms with van der Waals surface area (Å²) < 4.78 is 1.48. The van der Waals surface area contributed by atoms with E-state index in [1.54, 1.807) is 18.6 Å². The third-order valence-electron chi connectivity index (χ3n) is 1.97. The summed E-state index contributed by atoms with van der Waals surface area (Å²) in [4.78, 5) is 8.07. The standard InChI is InChI=1S/C10H8BrClN2OS/c11-7-1-6(3-13-4-7)2-8(15)10-14-5-9(12)16-10/h1,3-5,8,15H,2H2. The molecule has 2 aromatic rings. The summed E-state index contributed by atoms with van der Waals surface area (Å²) in [5.74, 6) is 0. The second-order valence-electron chi connectivity index (χ2n) is 3.23. The lowest BCUT2D eigenvalue weighted by Gasteiger charge is -2.06. The van der Waals surface area contributed by atoms with Gasteiger partial charge in [-0.15, -0.1) is 11.3 Å². The molecule has 0 bridgehead atoms. The molecule has 0 radical (unpaired) electrons. The van der Waals surface area contributed by atoms with Gasteiger partial charge in [0.05, 0.1) is 6.20 Å². The molecule has 0 aliphatic carbocycles. The topological polar surface area (TPSA) is 46.0 Å². The lowest BCUT2D eigenvalue weighted by molar-refractivity contribution is 0.178. The molecule has 84 valence electrons. The molecule has 2 heterocycles. The van der Waals surface area contributed by atoms with Crippen LogP contribution in [0.2, 0.25) is 4.34 Å². The Morgan fingerprint density at radius 1 is 1.44 bits per heavy atom. The van der Waals surface area contributed by atoms with Crippen molar-refractivity contribution in [3.8, 4) is 0 Å². The number of aromatic nitrogens is 2. The Labute approximate surface area is 110 Å². The van der Waals surface area contributed by atoms with Gasteiger partial charge in [-0.2, -0.15) is 0 Å². The highest BCUT2D eigenvalue weighted by atomic mass is 79.9. The van der Waals surface area contributed by atoms with E-state index in [9.17, 15) is 5.11 Å². The number of rotatable bonds is 3. The molecule has 0 aromatic carbocycles. The Hall–Kier alpha value is -0.490. The predicted octanol–water partition coefficient (Wildman–Crippen LogP) is 3.23. The molecule has 2 rings (SSSR count). The fraction of sp³-hybridized carbons (Fsp3) is 0.200. The van der Waals surface area contributed by atoms with Crippen LogP contribution < -0.4 is 0 Å². The molecule has 16 heavy (non-hydrogen) atoms. The maximum Gasteiger partial charge on any atom is 0.123 e. The van der Waals surface area contributed by atoms with Crippen LogP contribution in [0.4, 0.5) is 0 Å². The second kappa shape index (κ2) is 5.23. The first-order chi connectivity index (χ1) is 7.65. The molecule has 0 aliphatic rings.